The lowest BCUT2D eigenvalue weighted by Gasteiger charge is -2.31. The fourth-order valence-corrected chi connectivity index (χ4v) is 1.90. The molecule has 0 aliphatic carbocycles. The van der Waals surface area contributed by atoms with Crippen molar-refractivity contribution in [1.82, 2.24) is 0 Å². The number of hydrogen-bond acceptors (Lipinski definition) is 3. The molecule has 0 aliphatic heterocycles. The molecule has 2 rings (SSSR count). The zero-order valence-electron chi connectivity index (χ0n) is 10.8. The van der Waals surface area contributed by atoms with Crippen LogP contribution in [0.5, 0.6) is 11.5 Å². The average molecular weight is 276 g/mol. The lowest BCUT2D eigenvalue weighted by Crippen LogP contribution is -2.42. The van der Waals surface area contributed by atoms with Gasteiger partial charge in [0.05, 0.1) is 6.42 Å². The fourth-order valence-electron chi connectivity index (χ4n) is 1.63. The lowest BCUT2D eigenvalue weighted by molar-refractivity contribution is -0.247. The molecular formula is C15H17O3P. The Morgan fingerprint density at radius 1 is 0.842 bits per heavy atom. The molecule has 0 N–H and O–H groups in total. The van der Waals surface area contributed by atoms with Gasteiger partial charge in [-0.3, -0.25) is 4.52 Å². The summed E-state index contributed by atoms with van der Waals surface area (Å²) >= 11 is 0. The summed E-state index contributed by atoms with van der Waals surface area (Å²) in [6, 6.07) is 18.9. The second kappa shape index (κ2) is 6.55. The van der Waals surface area contributed by atoms with Crippen molar-refractivity contribution >= 4 is 9.47 Å². The van der Waals surface area contributed by atoms with Gasteiger partial charge in [-0.2, -0.15) is 0 Å². The predicted molar refractivity (Wildman–Crippen MR) is 78.0 cm³/mol. The fraction of sp³-hybridized carbons (Fsp3) is 0.200. The summed E-state index contributed by atoms with van der Waals surface area (Å²) in [7, 11) is 2.21. The van der Waals surface area contributed by atoms with Crippen LogP contribution in [0.2, 0.25) is 0 Å². The summed E-state index contributed by atoms with van der Waals surface area (Å²) in [5, 5.41) is 0. The molecule has 0 spiro atoms. The molecule has 0 aromatic heterocycles. The van der Waals surface area contributed by atoms with Crippen LogP contribution in [0.1, 0.15) is 13.3 Å². The molecule has 1 atom stereocenters. The predicted octanol–water partition coefficient (Wildman–Crippen LogP) is 4.01. The van der Waals surface area contributed by atoms with Crippen LogP contribution in [-0.2, 0) is 4.52 Å². The van der Waals surface area contributed by atoms with Crippen molar-refractivity contribution in [2.45, 2.75) is 19.3 Å². The third kappa shape index (κ3) is 3.69. The van der Waals surface area contributed by atoms with E-state index in [1.165, 1.54) is 0 Å². The highest BCUT2D eigenvalue weighted by molar-refractivity contribution is 7.09. The van der Waals surface area contributed by atoms with E-state index >= 15 is 0 Å². The molecule has 4 heteroatoms. The molecule has 2 aromatic carbocycles. The normalized spacial score (nSPS) is 11.1. The minimum Gasteiger partial charge on any atom is -0.430 e. The van der Waals surface area contributed by atoms with Crippen LogP contribution in [-0.4, -0.2) is 5.97 Å². The van der Waals surface area contributed by atoms with Crippen molar-refractivity contribution < 1.29 is 14.0 Å². The first kappa shape index (κ1) is 13.9. The van der Waals surface area contributed by atoms with Crippen LogP contribution in [0, 0.1) is 0 Å². The number of hydrogen-bond donors (Lipinski definition) is 0. The zero-order valence-corrected chi connectivity index (χ0v) is 11.9. The van der Waals surface area contributed by atoms with Crippen molar-refractivity contribution in [2.75, 3.05) is 0 Å². The highest BCUT2D eigenvalue weighted by atomic mass is 31.0. The molecule has 0 bridgehead atoms. The van der Waals surface area contributed by atoms with Gasteiger partial charge in [-0.1, -0.05) is 43.3 Å². The summed E-state index contributed by atoms with van der Waals surface area (Å²) in [6.07, 6.45) is 0.542. The highest BCUT2D eigenvalue weighted by Gasteiger charge is 2.33. The monoisotopic (exact) mass is 276 g/mol. The van der Waals surface area contributed by atoms with E-state index in [0.29, 0.717) is 17.9 Å². The van der Waals surface area contributed by atoms with E-state index in [0.717, 1.165) is 0 Å². The van der Waals surface area contributed by atoms with Crippen LogP contribution in [0.3, 0.4) is 0 Å². The van der Waals surface area contributed by atoms with Gasteiger partial charge >= 0.3 is 5.97 Å². The topological polar surface area (TPSA) is 27.7 Å². The summed E-state index contributed by atoms with van der Waals surface area (Å²) in [5.74, 6) is 0.248. The first-order valence-electron chi connectivity index (χ1n) is 6.14. The molecule has 0 fully saturated rings. The number of rotatable bonds is 6. The first-order valence-corrected chi connectivity index (χ1v) is 6.61. The van der Waals surface area contributed by atoms with Crippen LogP contribution in [0.15, 0.2) is 60.7 Å². The van der Waals surface area contributed by atoms with E-state index in [9.17, 15) is 0 Å². The van der Waals surface area contributed by atoms with Gasteiger partial charge < -0.3 is 9.47 Å². The minimum absolute atomic E-state index is 0.542. The smallest absolute Gasteiger partial charge is 0.373 e. The van der Waals surface area contributed by atoms with Gasteiger partial charge in [0.15, 0.2) is 0 Å². The maximum absolute atomic E-state index is 5.84. The lowest BCUT2D eigenvalue weighted by atomic mass is 10.3. The zero-order chi connectivity index (χ0) is 13.6. The number of ether oxygens (including phenoxy) is 2. The Hall–Kier alpha value is -1.57. The Morgan fingerprint density at radius 2 is 1.26 bits per heavy atom. The molecular weight excluding hydrogens is 259 g/mol. The molecule has 0 saturated heterocycles. The highest BCUT2D eigenvalue weighted by Crippen LogP contribution is 2.28. The maximum atomic E-state index is 5.84. The van der Waals surface area contributed by atoms with Gasteiger partial charge in [0, 0.05) is 9.47 Å². The SMILES string of the molecule is CCC(OP)(Oc1ccccc1)Oc1ccccc1. The average Bonchev–Trinajstić information content (AvgIpc) is 2.48. The van der Waals surface area contributed by atoms with Crippen molar-refractivity contribution in [3.63, 3.8) is 0 Å². The maximum Gasteiger partial charge on any atom is 0.373 e. The molecule has 1 unspecified atom stereocenters. The van der Waals surface area contributed by atoms with E-state index in [4.69, 9.17) is 14.0 Å². The quantitative estimate of drug-likeness (QED) is 0.589. The summed E-state index contributed by atoms with van der Waals surface area (Å²) in [5.41, 5.74) is 0. The van der Waals surface area contributed by atoms with Crippen LogP contribution in [0.25, 0.3) is 0 Å². The summed E-state index contributed by atoms with van der Waals surface area (Å²) in [6.45, 7) is 1.94. The molecule has 100 valence electrons. The molecule has 3 nitrogen and oxygen atoms in total. The van der Waals surface area contributed by atoms with E-state index in [-0.39, 0.29) is 0 Å². The Balaban J connectivity index is 2.18. The molecule has 0 saturated carbocycles. The van der Waals surface area contributed by atoms with E-state index in [1.54, 1.807) is 0 Å². The Bertz CT molecular complexity index is 440. The third-order valence-electron chi connectivity index (χ3n) is 2.65. The van der Waals surface area contributed by atoms with E-state index in [1.807, 2.05) is 67.6 Å². The Morgan fingerprint density at radius 3 is 1.58 bits per heavy atom. The Labute approximate surface area is 115 Å². The molecule has 2 aromatic rings. The van der Waals surface area contributed by atoms with Crippen molar-refractivity contribution in [2.24, 2.45) is 0 Å². The number of para-hydroxylation sites is 2. The second-order valence-electron chi connectivity index (χ2n) is 3.98. The third-order valence-corrected chi connectivity index (χ3v) is 3.00. The van der Waals surface area contributed by atoms with Gasteiger partial charge in [0.1, 0.15) is 11.5 Å². The minimum atomic E-state index is -1.15. The van der Waals surface area contributed by atoms with Gasteiger partial charge in [0.2, 0.25) is 0 Å². The largest absolute Gasteiger partial charge is 0.430 e. The van der Waals surface area contributed by atoms with E-state index in [2.05, 4.69) is 9.47 Å². The van der Waals surface area contributed by atoms with Crippen molar-refractivity contribution in [3.05, 3.63) is 60.7 Å². The van der Waals surface area contributed by atoms with Crippen molar-refractivity contribution in [1.29, 1.82) is 0 Å². The van der Waals surface area contributed by atoms with Gasteiger partial charge in [-0.15, -0.1) is 0 Å². The standard InChI is InChI=1S/C15H17O3P/c1-2-15(18-19,16-13-9-5-3-6-10-13)17-14-11-7-4-8-12-14/h3-12H,2,19H2,1H3. The van der Waals surface area contributed by atoms with E-state index < -0.39 is 5.97 Å². The van der Waals surface area contributed by atoms with Gasteiger partial charge in [0.25, 0.3) is 0 Å². The van der Waals surface area contributed by atoms with Crippen LogP contribution in [0.4, 0.5) is 0 Å². The molecule has 0 radical (unpaired) electrons. The Kier molecular flexibility index (Phi) is 4.78. The van der Waals surface area contributed by atoms with Crippen LogP contribution >= 0.6 is 9.47 Å². The molecule has 0 aliphatic rings. The van der Waals surface area contributed by atoms with Crippen LogP contribution < -0.4 is 9.47 Å². The van der Waals surface area contributed by atoms with Gasteiger partial charge in [-0.05, 0) is 24.3 Å². The molecule has 19 heavy (non-hydrogen) atoms. The summed E-state index contributed by atoms with van der Waals surface area (Å²) in [4.78, 5) is 0. The number of benzene rings is 2. The molecule has 0 amide bonds. The second-order valence-corrected chi connectivity index (χ2v) is 4.22. The molecule has 0 heterocycles. The van der Waals surface area contributed by atoms with Crippen molar-refractivity contribution in [3.8, 4) is 11.5 Å². The van der Waals surface area contributed by atoms with Gasteiger partial charge in [-0.25, -0.2) is 0 Å². The first-order chi connectivity index (χ1) is 9.28. The summed E-state index contributed by atoms with van der Waals surface area (Å²) < 4.78 is 17.0.